The summed E-state index contributed by atoms with van der Waals surface area (Å²) in [5.74, 6) is 1.29. The van der Waals surface area contributed by atoms with Gasteiger partial charge in [-0.05, 0) is 48.8 Å². The second-order valence-electron chi connectivity index (χ2n) is 6.45. The smallest absolute Gasteiger partial charge is 0.277 e. The second kappa shape index (κ2) is 7.44. The van der Waals surface area contributed by atoms with E-state index in [0.29, 0.717) is 22.3 Å². The summed E-state index contributed by atoms with van der Waals surface area (Å²) in [5, 5.41) is 0.601. The van der Waals surface area contributed by atoms with Gasteiger partial charge in [-0.2, -0.15) is 0 Å². The normalized spacial score (nSPS) is 20.5. The molecule has 0 spiro atoms. The highest BCUT2D eigenvalue weighted by molar-refractivity contribution is 7.80. The molecule has 5 nitrogen and oxygen atoms in total. The van der Waals surface area contributed by atoms with E-state index in [-0.39, 0.29) is 11.9 Å². The summed E-state index contributed by atoms with van der Waals surface area (Å²) < 4.78 is 10.6. The third-order valence-corrected chi connectivity index (χ3v) is 5.41. The standard InChI is InChI=1S/C19H24N2O3S/c1-20-15(11-13-9-10-16(23-2)17(12-13)24-3)18(22)21(19(20)25)14-7-5-4-6-8-14/h9-12,14H,4-8H2,1-3H3/b15-11-. The first-order valence-electron chi connectivity index (χ1n) is 8.61. The van der Waals surface area contributed by atoms with Crippen LogP contribution in [0.1, 0.15) is 37.7 Å². The quantitative estimate of drug-likeness (QED) is 0.608. The number of hydrogen-bond donors (Lipinski definition) is 0. The van der Waals surface area contributed by atoms with E-state index >= 15 is 0 Å². The topological polar surface area (TPSA) is 42.0 Å². The Hall–Kier alpha value is -2.08. The van der Waals surface area contributed by atoms with Gasteiger partial charge < -0.3 is 14.4 Å². The van der Waals surface area contributed by atoms with Gasteiger partial charge in [0.25, 0.3) is 5.91 Å². The molecule has 2 fully saturated rings. The molecule has 134 valence electrons. The van der Waals surface area contributed by atoms with Gasteiger partial charge in [-0.25, -0.2) is 0 Å². The molecule has 1 heterocycles. The molecule has 1 aromatic rings. The van der Waals surface area contributed by atoms with Crippen LogP contribution in [-0.2, 0) is 4.79 Å². The third kappa shape index (κ3) is 3.35. The number of methoxy groups -OCH3 is 2. The highest BCUT2D eigenvalue weighted by Gasteiger charge is 2.40. The number of ether oxygens (including phenoxy) is 2. The van der Waals surface area contributed by atoms with Crippen molar-refractivity contribution >= 4 is 29.3 Å². The Labute approximate surface area is 154 Å². The van der Waals surface area contributed by atoms with Gasteiger partial charge in [0.1, 0.15) is 5.70 Å². The number of carbonyl (C=O) groups is 1. The van der Waals surface area contributed by atoms with Gasteiger partial charge in [0.15, 0.2) is 16.6 Å². The molecule has 1 aromatic carbocycles. The molecule has 0 bridgehead atoms. The maximum absolute atomic E-state index is 13.0. The SMILES string of the molecule is COc1ccc(/C=C2/C(=O)N(C3CCCCC3)C(=S)N2C)cc1OC. The van der Waals surface area contributed by atoms with Crippen LogP contribution in [0.25, 0.3) is 6.08 Å². The van der Waals surface area contributed by atoms with E-state index in [2.05, 4.69) is 0 Å². The Bertz CT molecular complexity index is 711. The molecule has 1 aliphatic heterocycles. The summed E-state index contributed by atoms with van der Waals surface area (Å²) in [5.41, 5.74) is 1.48. The number of likely N-dealkylation sites (N-methyl/N-ethyl adjacent to an activating group) is 1. The molecular formula is C19H24N2O3S. The number of benzene rings is 1. The second-order valence-corrected chi connectivity index (χ2v) is 6.82. The highest BCUT2D eigenvalue weighted by Crippen LogP contribution is 2.32. The van der Waals surface area contributed by atoms with Crippen molar-refractivity contribution in [3.63, 3.8) is 0 Å². The molecule has 2 aliphatic rings. The number of thiocarbonyl (C=S) groups is 1. The lowest BCUT2D eigenvalue weighted by Crippen LogP contribution is -2.41. The van der Waals surface area contributed by atoms with E-state index < -0.39 is 0 Å². The van der Waals surface area contributed by atoms with E-state index in [1.54, 1.807) is 19.1 Å². The van der Waals surface area contributed by atoms with Crippen molar-refractivity contribution in [2.45, 2.75) is 38.1 Å². The first kappa shape index (κ1) is 17.7. The van der Waals surface area contributed by atoms with Gasteiger partial charge in [0.2, 0.25) is 0 Å². The predicted molar refractivity (Wildman–Crippen MR) is 102 cm³/mol. The van der Waals surface area contributed by atoms with Crippen LogP contribution in [0.4, 0.5) is 0 Å². The minimum Gasteiger partial charge on any atom is -0.493 e. The summed E-state index contributed by atoms with van der Waals surface area (Å²) in [6.45, 7) is 0. The lowest BCUT2D eigenvalue weighted by molar-refractivity contribution is -0.124. The molecule has 25 heavy (non-hydrogen) atoms. The first-order valence-corrected chi connectivity index (χ1v) is 9.02. The van der Waals surface area contributed by atoms with Crippen LogP contribution in [0.5, 0.6) is 11.5 Å². The maximum Gasteiger partial charge on any atom is 0.277 e. The molecule has 1 aliphatic carbocycles. The van der Waals surface area contributed by atoms with Crippen LogP contribution in [0.3, 0.4) is 0 Å². The van der Waals surface area contributed by atoms with E-state index in [1.807, 2.05) is 36.2 Å². The van der Waals surface area contributed by atoms with Gasteiger partial charge in [0.05, 0.1) is 14.2 Å². The number of nitrogens with zero attached hydrogens (tertiary/aromatic N) is 2. The lowest BCUT2D eigenvalue weighted by Gasteiger charge is -2.30. The molecular weight excluding hydrogens is 336 g/mol. The zero-order valence-electron chi connectivity index (χ0n) is 14.9. The molecule has 0 aromatic heterocycles. The highest BCUT2D eigenvalue weighted by atomic mass is 32.1. The fraction of sp³-hybridized carbons (Fsp3) is 0.474. The first-order chi connectivity index (χ1) is 12.1. The summed E-state index contributed by atoms with van der Waals surface area (Å²) in [4.78, 5) is 16.6. The molecule has 0 radical (unpaired) electrons. The van der Waals surface area contributed by atoms with Gasteiger partial charge in [-0.3, -0.25) is 9.69 Å². The summed E-state index contributed by atoms with van der Waals surface area (Å²) in [6, 6.07) is 5.83. The van der Waals surface area contributed by atoms with E-state index in [0.717, 1.165) is 31.2 Å². The van der Waals surface area contributed by atoms with Crippen molar-refractivity contribution in [3.05, 3.63) is 29.5 Å². The Morgan fingerprint density at radius 1 is 1.12 bits per heavy atom. The minimum absolute atomic E-state index is 0.00538. The average Bonchev–Trinajstić information content (AvgIpc) is 2.85. The zero-order valence-corrected chi connectivity index (χ0v) is 15.8. The minimum atomic E-state index is -0.00538. The number of rotatable bonds is 4. The van der Waals surface area contributed by atoms with Gasteiger partial charge in [0, 0.05) is 13.1 Å². The molecule has 0 N–H and O–H groups in total. The summed E-state index contributed by atoms with van der Waals surface area (Å²) >= 11 is 5.55. The Morgan fingerprint density at radius 3 is 2.44 bits per heavy atom. The van der Waals surface area contributed by atoms with Crippen LogP contribution in [0, 0.1) is 0 Å². The Balaban J connectivity index is 1.90. The fourth-order valence-electron chi connectivity index (χ4n) is 3.54. The molecule has 1 saturated heterocycles. The van der Waals surface area contributed by atoms with Crippen molar-refractivity contribution in [3.8, 4) is 11.5 Å². The zero-order chi connectivity index (χ0) is 18.0. The van der Waals surface area contributed by atoms with Crippen LogP contribution >= 0.6 is 12.2 Å². The van der Waals surface area contributed by atoms with Crippen LogP contribution < -0.4 is 9.47 Å². The van der Waals surface area contributed by atoms with Crippen LogP contribution in [0.15, 0.2) is 23.9 Å². The van der Waals surface area contributed by atoms with Crippen molar-refractivity contribution in [2.24, 2.45) is 0 Å². The summed E-state index contributed by atoms with van der Waals surface area (Å²) in [6.07, 6.45) is 7.49. The number of hydrogen-bond acceptors (Lipinski definition) is 4. The molecule has 1 saturated carbocycles. The molecule has 6 heteroatoms. The van der Waals surface area contributed by atoms with Crippen LogP contribution in [-0.4, -0.2) is 48.1 Å². The van der Waals surface area contributed by atoms with Crippen molar-refractivity contribution in [1.82, 2.24) is 9.80 Å². The monoisotopic (exact) mass is 360 g/mol. The van der Waals surface area contributed by atoms with Crippen molar-refractivity contribution in [1.29, 1.82) is 0 Å². The van der Waals surface area contributed by atoms with Crippen molar-refractivity contribution < 1.29 is 14.3 Å². The van der Waals surface area contributed by atoms with E-state index in [4.69, 9.17) is 21.7 Å². The molecule has 1 amide bonds. The number of carbonyl (C=O) groups excluding carboxylic acids is 1. The summed E-state index contributed by atoms with van der Waals surface area (Å²) in [7, 11) is 5.06. The predicted octanol–water partition coefficient (Wildman–Crippen LogP) is 3.44. The van der Waals surface area contributed by atoms with Gasteiger partial charge in [-0.1, -0.05) is 25.3 Å². The Morgan fingerprint density at radius 2 is 1.80 bits per heavy atom. The van der Waals surface area contributed by atoms with Crippen molar-refractivity contribution in [2.75, 3.05) is 21.3 Å². The largest absolute Gasteiger partial charge is 0.493 e. The van der Waals surface area contributed by atoms with Gasteiger partial charge in [-0.15, -0.1) is 0 Å². The third-order valence-electron chi connectivity index (χ3n) is 4.94. The fourth-order valence-corrected chi connectivity index (χ4v) is 3.87. The lowest BCUT2D eigenvalue weighted by atomic mass is 9.94. The van der Waals surface area contributed by atoms with Gasteiger partial charge >= 0.3 is 0 Å². The average molecular weight is 360 g/mol. The molecule has 3 rings (SSSR count). The molecule has 0 unspecified atom stereocenters. The molecule has 0 atom stereocenters. The number of amides is 1. The Kier molecular flexibility index (Phi) is 5.27. The van der Waals surface area contributed by atoms with E-state index in [1.165, 1.54) is 6.42 Å². The maximum atomic E-state index is 13.0. The van der Waals surface area contributed by atoms with E-state index in [9.17, 15) is 4.79 Å². The van der Waals surface area contributed by atoms with Crippen LogP contribution in [0.2, 0.25) is 0 Å².